The van der Waals surface area contributed by atoms with Gasteiger partial charge >= 0.3 is 0 Å². The first kappa shape index (κ1) is 28.1. The van der Waals surface area contributed by atoms with Crippen LogP contribution in [-0.2, 0) is 16.1 Å². The topological polar surface area (TPSA) is 117 Å². The Kier molecular flexibility index (Phi) is 10.0. The van der Waals surface area contributed by atoms with Crippen molar-refractivity contribution in [3.63, 3.8) is 0 Å². The molecule has 10 nitrogen and oxygen atoms in total. The molecule has 0 unspecified atom stereocenters. The third-order valence-corrected chi connectivity index (χ3v) is 6.01. The summed E-state index contributed by atoms with van der Waals surface area (Å²) in [6.07, 6.45) is 5.49. The number of anilines is 3. The average molecular weight is 542 g/mol. The standard InChI is InChI=1S/C30H31N5O5/c1-34(15-18-39-25-8-3-2-4-9-25)26-12-11-24(33-30(38)28-10-6-17-40-28)19-27(26)35(14-16-36)29(37)22-32-21-23-7-5-13-31-20-23/h2-13,16-17,19-20,32H,14-15,18,21-22H2,1H3,(H,33,38). The number of benzene rings is 2. The van der Waals surface area contributed by atoms with Gasteiger partial charge in [0.2, 0.25) is 5.91 Å². The van der Waals surface area contributed by atoms with Crippen LogP contribution in [0.3, 0.4) is 0 Å². The molecule has 2 heterocycles. The number of aromatic nitrogens is 1. The van der Waals surface area contributed by atoms with Crippen LogP contribution in [0.4, 0.5) is 17.1 Å². The fourth-order valence-electron chi connectivity index (χ4n) is 4.00. The SMILES string of the molecule is CN(CCOc1ccccc1)c1ccc(NC(=O)c2ccco2)cc1N(CC=O)C(=O)CNCc1cccnc1. The number of carbonyl (C=O) groups excluding carboxylic acids is 3. The molecule has 0 aliphatic heterocycles. The zero-order valence-electron chi connectivity index (χ0n) is 22.2. The number of hydrogen-bond acceptors (Lipinski definition) is 8. The second-order valence-corrected chi connectivity index (χ2v) is 8.85. The number of aldehydes is 1. The normalized spacial score (nSPS) is 10.5. The van der Waals surface area contributed by atoms with E-state index in [1.807, 2.05) is 54.4 Å². The summed E-state index contributed by atoms with van der Waals surface area (Å²) in [7, 11) is 1.87. The van der Waals surface area contributed by atoms with Gasteiger partial charge < -0.3 is 34.4 Å². The number of ether oxygens (including phenoxy) is 1. The number of hydrogen-bond donors (Lipinski definition) is 2. The van der Waals surface area contributed by atoms with E-state index in [1.54, 1.807) is 42.7 Å². The number of pyridine rings is 1. The van der Waals surface area contributed by atoms with Gasteiger partial charge in [0.05, 0.1) is 37.3 Å². The monoisotopic (exact) mass is 541 g/mol. The average Bonchev–Trinajstić information content (AvgIpc) is 3.52. The largest absolute Gasteiger partial charge is 0.492 e. The molecule has 4 aromatic rings. The number of carbonyl (C=O) groups is 3. The molecule has 2 amide bonds. The molecule has 0 atom stereocenters. The molecule has 2 aromatic heterocycles. The van der Waals surface area contributed by atoms with E-state index in [4.69, 9.17) is 9.15 Å². The number of rotatable bonds is 14. The smallest absolute Gasteiger partial charge is 0.291 e. The molecule has 0 saturated carbocycles. The van der Waals surface area contributed by atoms with Crippen molar-refractivity contribution in [3.05, 3.63) is 103 Å². The quantitative estimate of drug-likeness (QED) is 0.232. The molecule has 2 aromatic carbocycles. The maximum absolute atomic E-state index is 13.4. The van der Waals surface area contributed by atoms with Gasteiger partial charge in [0.1, 0.15) is 18.6 Å². The first-order chi connectivity index (χ1) is 19.5. The predicted octanol–water partition coefficient (Wildman–Crippen LogP) is 3.76. The number of furan rings is 1. The van der Waals surface area contributed by atoms with Crippen LogP contribution in [0, 0.1) is 0 Å². The third-order valence-electron chi connectivity index (χ3n) is 6.01. The van der Waals surface area contributed by atoms with Crippen LogP contribution in [0.2, 0.25) is 0 Å². The highest BCUT2D eigenvalue weighted by atomic mass is 16.5. The van der Waals surface area contributed by atoms with E-state index < -0.39 is 5.91 Å². The zero-order chi connectivity index (χ0) is 28.2. The van der Waals surface area contributed by atoms with Crippen molar-refractivity contribution in [2.75, 3.05) is 48.4 Å². The lowest BCUT2D eigenvalue weighted by atomic mass is 10.2. The number of amides is 2. The van der Waals surface area contributed by atoms with Gasteiger partial charge in [-0.3, -0.25) is 14.6 Å². The Balaban J connectivity index is 1.54. The fourth-order valence-corrected chi connectivity index (χ4v) is 4.00. The molecule has 2 N–H and O–H groups in total. The first-order valence-corrected chi connectivity index (χ1v) is 12.8. The maximum Gasteiger partial charge on any atom is 0.291 e. The molecule has 0 aliphatic carbocycles. The van der Waals surface area contributed by atoms with Gasteiger partial charge in [-0.1, -0.05) is 24.3 Å². The van der Waals surface area contributed by atoms with Crippen molar-refractivity contribution in [3.8, 4) is 5.75 Å². The highest BCUT2D eigenvalue weighted by Crippen LogP contribution is 2.32. The third kappa shape index (κ3) is 7.78. The lowest BCUT2D eigenvalue weighted by molar-refractivity contribution is -0.119. The molecule has 4 rings (SSSR count). The summed E-state index contributed by atoms with van der Waals surface area (Å²) >= 11 is 0. The van der Waals surface area contributed by atoms with Gasteiger partial charge in [0, 0.05) is 31.7 Å². The van der Waals surface area contributed by atoms with E-state index in [9.17, 15) is 14.4 Å². The van der Waals surface area contributed by atoms with E-state index in [0.29, 0.717) is 43.0 Å². The van der Waals surface area contributed by atoms with Crippen molar-refractivity contribution in [1.29, 1.82) is 0 Å². The van der Waals surface area contributed by atoms with Gasteiger partial charge in [-0.25, -0.2) is 0 Å². The van der Waals surface area contributed by atoms with E-state index in [0.717, 1.165) is 11.3 Å². The van der Waals surface area contributed by atoms with Crippen LogP contribution in [0.5, 0.6) is 5.75 Å². The molecule has 0 fully saturated rings. The molecule has 0 radical (unpaired) electrons. The highest BCUT2D eigenvalue weighted by Gasteiger charge is 2.22. The van der Waals surface area contributed by atoms with Crippen LogP contribution in [0.15, 0.2) is 95.9 Å². The van der Waals surface area contributed by atoms with Crippen molar-refractivity contribution < 1.29 is 23.5 Å². The van der Waals surface area contributed by atoms with E-state index in [2.05, 4.69) is 15.6 Å². The van der Waals surface area contributed by atoms with E-state index >= 15 is 0 Å². The first-order valence-electron chi connectivity index (χ1n) is 12.8. The lowest BCUT2D eigenvalue weighted by Gasteiger charge is -2.29. The van der Waals surface area contributed by atoms with Crippen LogP contribution in [0.1, 0.15) is 16.1 Å². The minimum atomic E-state index is -0.431. The van der Waals surface area contributed by atoms with Gasteiger partial charge in [0.25, 0.3) is 5.91 Å². The molecule has 0 aliphatic rings. The Morgan fingerprint density at radius 1 is 1.02 bits per heavy atom. The maximum atomic E-state index is 13.4. The lowest BCUT2D eigenvalue weighted by Crippen LogP contribution is -2.40. The summed E-state index contributed by atoms with van der Waals surface area (Å²) in [5.74, 6) is 0.172. The molecular weight excluding hydrogens is 510 g/mol. The Bertz CT molecular complexity index is 1380. The molecule has 10 heteroatoms. The Hall–Kier alpha value is -4.96. The van der Waals surface area contributed by atoms with Gasteiger partial charge in [-0.05, 0) is 54.1 Å². The van der Waals surface area contributed by atoms with E-state index in [1.165, 1.54) is 11.2 Å². The number of nitrogens with one attached hydrogen (secondary N) is 2. The summed E-state index contributed by atoms with van der Waals surface area (Å²) in [6, 6.07) is 21.6. The molecule has 40 heavy (non-hydrogen) atoms. The summed E-state index contributed by atoms with van der Waals surface area (Å²) < 4.78 is 11.0. The summed E-state index contributed by atoms with van der Waals surface area (Å²) in [5, 5.41) is 5.91. The van der Waals surface area contributed by atoms with Gasteiger partial charge in [0.15, 0.2) is 5.76 Å². The van der Waals surface area contributed by atoms with Crippen LogP contribution < -0.4 is 25.2 Å². The molecule has 0 bridgehead atoms. The second kappa shape index (κ2) is 14.3. The number of nitrogens with zero attached hydrogens (tertiary/aromatic N) is 3. The molecule has 0 spiro atoms. The Labute approximate surface area is 232 Å². The van der Waals surface area contributed by atoms with Gasteiger partial charge in [-0.15, -0.1) is 0 Å². The Morgan fingerprint density at radius 2 is 1.88 bits per heavy atom. The van der Waals surface area contributed by atoms with Crippen molar-refractivity contribution in [2.24, 2.45) is 0 Å². The van der Waals surface area contributed by atoms with E-state index in [-0.39, 0.29) is 24.8 Å². The van der Waals surface area contributed by atoms with Crippen LogP contribution in [0.25, 0.3) is 0 Å². The molecular formula is C30H31N5O5. The predicted molar refractivity (Wildman–Crippen MR) is 153 cm³/mol. The summed E-state index contributed by atoms with van der Waals surface area (Å²) in [5.41, 5.74) is 2.54. The fraction of sp³-hybridized carbons (Fsp3) is 0.200. The number of likely N-dealkylation sites (N-methyl/N-ethyl adjacent to an activating group) is 1. The summed E-state index contributed by atoms with van der Waals surface area (Å²) in [4.78, 5) is 45.1. The Morgan fingerprint density at radius 3 is 2.60 bits per heavy atom. The van der Waals surface area contributed by atoms with Crippen molar-refractivity contribution in [2.45, 2.75) is 6.54 Å². The minimum Gasteiger partial charge on any atom is -0.492 e. The van der Waals surface area contributed by atoms with Crippen molar-refractivity contribution >= 4 is 35.2 Å². The minimum absolute atomic E-state index is 0.00795. The zero-order valence-corrected chi connectivity index (χ0v) is 22.2. The second-order valence-electron chi connectivity index (χ2n) is 8.85. The highest BCUT2D eigenvalue weighted by molar-refractivity contribution is 6.04. The van der Waals surface area contributed by atoms with Crippen LogP contribution >= 0.6 is 0 Å². The van der Waals surface area contributed by atoms with Gasteiger partial charge in [-0.2, -0.15) is 0 Å². The molecule has 0 saturated heterocycles. The number of para-hydroxylation sites is 1. The summed E-state index contributed by atoms with van der Waals surface area (Å²) in [6.45, 7) is 1.17. The van der Waals surface area contributed by atoms with Crippen molar-refractivity contribution in [1.82, 2.24) is 10.3 Å². The van der Waals surface area contributed by atoms with Crippen LogP contribution in [-0.4, -0.2) is 56.4 Å². The molecule has 206 valence electrons.